The lowest BCUT2D eigenvalue weighted by Gasteiger charge is -1.83. The van der Waals surface area contributed by atoms with Crippen molar-refractivity contribution in [1.29, 1.82) is 0 Å². The second-order valence-electron chi connectivity index (χ2n) is 1.28. The van der Waals surface area contributed by atoms with Gasteiger partial charge in [-0.1, -0.05) is 0 Å². The predicted octanol–water partition coefficient (Wildman–Crippen LogP) is 0.437. The minimum atomic E-state index is -0.0565. The molecule has 0 fully saturated rings. The maximum atomic E-state index is 8.33. The molecule has 0 saturated carbocycles. The summed E-state index contributed by atoms with van der Waals surface area (Å²) in [6.45, 7) is 1.62. The van der Waals surface area contributed by atoms with Crippen molar-refractivity contribution in [3.05, 3.63) is 0 Å². The fraction of sp³-hybridized carbons (Fsp3) is 0.750. The van der Waals surface area contributed by atoms with Crippen LogP contribution in [0.5, 0.6) is 0 Å². The molecule has 8 heavy (non-hydrogen) atoms. The van der Waals surface area contributed by atoms with Gasteiger partial charge in [0, 0.05) is 0 Å². The summed E-state index contributed by atoms with van der Waals surface area (Å²) in [5, 5.41) is 18.5. The number of nitrogens with zero attached hydrogens (tertiary/aromatic N) is 3. The van der Waals surface area contributed by atoms with Gasteiger partial charge < -0.3 is 5.11 Å². The Labute approximate surface area is 47.9 Å². The molecule has 0 heterocycles. The van der Waals surface area contributed by atoms with E-state index in [-0.39, 0.29) is 6.61 Å². The monoisotopic (exact) mass is 115 g/mol. The first-order chi connectivity index (χ1) is 3.81. The summed E-state index contributed by atoms with van der Waals surface area (Å²) in [7, 11) is 1.52. The Morgan fingerprint density at radius 1 is 1.62 bits per heavy atom. The Balaban J connectivity index is 3.57. The van der Waals surface area contributed by atoms with Crippen LogP contribution in [-0.2, 0) is 0 Å². The highest BCUT2D eigenvalue weighted by atomic mass is 16.3. The molecule has 0 aliphatic rings. The lowest BCUT2D eigenvalue weighted by molar-refractivity contribution is 0.356. The van der Waals surface area contributed by atoms with Gasteiger partial charge in [0.25, 0.3) is 0 Å². The van der Waals surface area contributed by atoms with E-state index in [0.717, 1.165) is 0 Å². The third-order valence-corrected chi connectivity index (χ3v) is 0.534. The summed E-state index contributed by atoms with van der Waals surface area (Å²) in [6, 6.07) is 0. The molecule has 0 rings (SSSR count). The van der Waals surface area contributed by atoms with E-state index < -0.39 is 0 Å². The maximum Gasteiger partial charge on any atom is 0.0830 e. The van der Waals surface area contributed by atoms with Gasteiger partial charge in [-0.25, -0.2) is 0 Å². The highest BCUT2D eigenvalue weighted by Gasteiger charge is 1.80. The quantitative estimate of drug-likeness (QED) is 0.317. The van der Waals surface area contributed by atoms with Gasteiger partial charge >= 0.3 is 0 Å². The van der Waals surface area contributed by atoms with E-state index in [2.05, 4.69) is 15.4 Å². The first-order valence-corrected chi connectivity index (χ1v) is 2.24. The first kappa shape index (κ1) is 7.23. The van der Waals surface area contributed by atoms with Gasteiger partial charge in [0.2, 0.25) is 0 Å². The summed E-state index contributed by atoms with van der Waals surface area (Å²) in [5.41, 5.74) is 0.565. The standard InChI is InChI=1S/C4H9N3O/c1-4(3-8)6-7-5-2/h8H,3H2,1-2H3/b6-4+,7-5?. The predicted molar refractivity (Wildman–Crippen MR) is 31.0 cm³/mol. The number of hydrogen-bond donors (Lipinski definition) is 1. The topological polar surface area (TPSA) is 57.3 Å². The van der Waals surface area contributed by atoms with Crippen molar-refractivity contribution in [1.82, 2.24) is 0 Å². The van der Waals surface area contributed by atoms with Crippen molar-refractivity contribution in [3.63, 3.8) is 0 Å². The van der Waals surface area contributed by atoms with E-state index in [0.29, 0.717) is 5.71 Å². The van der Waals surface area contributed by atoms with Crippen LogP contribution in [0.25, 0.3) is 0 Å². The molecular formula is C4H9N3O. The van der Waals surface area contributed by atoms with Gasteiger partial charge in [0.15, 0.2) is 0 Å². The van der Waals surface area contributed by atoms with Crippen LogP contribution < -0.4 is 0 Å². The highest BCUT2D eigenvalue weighted by Crippen LogP contribution is 1.76. The van der Waals surface area contributed by atoms with Crippen LogP contribution in [0.15, 0.2) is 15.4 Å². The minimum absolute atomic E-state index is 0.0565. The van der Waals surface area contributed by atoms with Gasteiger partial charge in [-0.05, 0) is 12.1 Å². The van der Waals surface area contributed by atoms with Gasteiger partial charge in [-0.15, -0.1) is 5.10 Å². The Hall–Kier alpha value is -0.770. The fourth-order valence-electron chi connectivity index (χ4n) is 0.153. The second-order valence-corrected chi connectivity index (χ2v) is 1.28. The Kier molecular flexibility index (Phi) is 3.97. The van der Waals surface area contributed by atoms with E-state index in [1.165, 1.54) is 7.05 Å². The molecule has 0 aliphatic carbocycles. The van der Waals surface area contributed by atoms with Crippen LogP contribution >= 0.6 is 0 Å². The van der Waals surface area contributed by atoms with Gasteiger partial charge in [-0.3, -0.25) is 0 Å². The number of rotatable bonds is 2. The van der Waals surface area contributed by atoms with E-state index >= 15 is 0 Å². The van der Waals surface area contributed by atoms with Crippen molar-refractivity contribution in [2.24, 2.45) is 15.4 Å². The Morgan fingerprint density at radius 2 is 2.25 bits per heavy atom. The summed E-state index contributed by atoms with van der Waals surface area (Å²) in [6.07, 6.45) is 0. The van der Waals surface area contributed by atoms with Crippen molar-refractivity contribution in [2.45, 2.75) is 6.92 Å². The molecule has 0 amide bonds. The molecule has 0 aromatic rings. The van der Waals surface area contributed by atoms with E-state index in [1.54, 1.807) is 6.92 Å². The maximum absolute atomic E-state index is 8.33. The number of hydrogen-bond acceptors (Lipinski definition) is 3. The van der Waals surface area contributed by atoms with Crippen LogP contribution in [0.4, 0.5) is 0 Å². The van der Waals surface area contributed by atoms with Crippen LogP contribution in [-0.4, -0.2) is 24.5 Å². The lowest BCUT2D eigenvalue weighted by atomic mass is 10.5. The molecule has 46 valence electrons. The number of aliphatic hydroxyl groups is 1. The summed E-state index contributed by atoms with van der Waals surface area (Å²) in [4.78, 5) is 0. The zero-order valence-corrected chi connectivity index (χ0v) is 5.00. The first-order valence-electron chi connectivity index (χ1n) is 2.24. The second kappa shape index (κ2) is 4.39. The molecule has 0 atom stereocenters. The minimum Gasteiger partial charge on any atom is -0.390 e. The van der Waals surface area contributed by atoms with Gasteiger partial charge in [0.1, 0.15) is 0 Å². The summed E-state index contributed by atoms with van der Waals surface area (Å²) >= 11 is 0. The van der Waals surface area contributed by atoms with Crippen molar-refractivity contribution >= 4 is 5.71 Å². The molecule has 0 bridgehead atoms. The zero-order chi connectivity index (χ0) is 6.41. The summed E-state index contributed by atoms with van der Waals surface area (Å²) < 4.78 is 0. The molecule has 0 aromatic carbocycles. The third-order valence-electron chi connectivity index (χ3n) is 0.534. The molecule has 1 N–H and O–H groups in total. The zero-order valence-electron chi connectivity index (χ0n) is 5.00. The van der Waals surface area contributed by atoms with Crippen molar-refractivity contribution in [3.8, 4) is 0 Å². The molecule has 0 spiro atoms. The molecule has 0 aliphatic heterocycles. The smallest absolute Gasteiger partial charge is 0.0830 e. The molecule has 0 unspecified atom stereocenters. The average Bonchev–Trinajstić information content (AvgIpc) is 1.83. The summed E-state index contributed by atoms with van der Waals surface area (Å²) in [5.74, 6) is 0. The van der Waals surface area contributed by atoms with E-state index in [4.69, 9.17) is 5.11 Å². The molecule has 4 nitrogen and oxygen atoms in total. The molecule has 0 radical (unpaired) electrons. The molecule has 0 aromatic heterocycles. The van der Waals surface area contributed by atoms with Crippen LogP contribution in [0.1, 0.15) is 6.92 Å². The van der Waals surface area contributed by atoms with Gasteiger partial charge in [-0.2, -0.15) is 5.11 Å². The van der Waals surface area contributed by atoms with Crippen LogP contribution in [0.2, 0.25) is 0 Å². The Morgan fingerprint density at radius 3 is 2.62 bits per heavy atom. The largest absolute Gasteiger partial charge is 0.390 e. The fourth-order valence-corrected chi connectivity index (χ4v) is 0.153. The average molecular weight is 115 g/mol. The normalized spacial score (nSPS) is 13.1. The molecular weight excluding hydrogens is 106 g/mol. The van der Waals surface area contributed by atoms with Crippen molar-refractivity contribution < 1.29 is 5.11 Å². The van der Waals surface area contributed by atoms with Crippen LogP contribution in [0.3, 0.4) is 0 Å². The molecule has 0 saturated heterocycles. The van der Waals surface area contributed by atoms with E-state index in [9.17, 15) is 0 Å². The van der Waals surface area contributed by atoms with Gasteiger partial charge in [0.05, 0.1) is 19.4 Å². The van der Waals surface area contributed by atoms with E-state index in [1.807, 2.05) is 0 Å². The Bertz CT molecular complexity index is 108. The lowest BCUT2D eigenvalue weighted by Crippen LogP contribution is -1.95. The van der Waals surface area contributed by atoms with Crippen molar-refractivity contribution in [2.75, 3.05) is 13.7 Å². The third kappa shape index (κ3) is 3.42. The SMILES string of the molecule is CN=N/N=C(\C)CO. The highest BCUT2D eigenvalue weighted by molar-refractivity contribution is 5.82. The van der Waals surface area contributed by atoms with Crippen LogP contribution in [0, 0.1) is 0 Å². The molecule has 4 heteroatoms. The number of aliphatic hydroxyl groups excluding tert-OH is 1.